The number of anilines is 1. The normalized spacial score (nSPS) is 20.3. The van der Waals surface area contributed by atoms with E-state index in [4.69, 9.17) is 9.47 Å². The predicted octanol–water partition coefficient (Wildman–Crippen LogP) is 10.8. The first-order valence-corrected chi connectivity index (χ1v) is 26.2. The molecule has 4 fully saturated rings. The summed E-state index contributed by atoms with van der Waals surface area (Å²) in [6.07, 6.45) is 16.8. The molecule has 9 heteroatoms. The number of carbonyl (C=O) groups is 1. The van der Waals surface area contributed by atoms with E-state index in [0.29, 0.717) is 24.3 Å². The molecule has 6 aliphatic rings. The molecule has 0 aliphatic carbocycles. The van der Waals surface area contributed by atoms with Gasteiger partial charge in [0, 0.05) is 75.0 Å². The number of rotatable bonds is 10. The third-order valence-corrected chi connectivity index (χ3v) is 14.3. The van der Waals surface area contributed by atoms with E-state index in [1.807, 2.05) is 25.1 Å². The highest BCUT2D eigenvalue weighted by molar-refractivity contribution is 5.83. The Morgan fingerprint density at radius 3 is 1.41 bits per heavy atom. The molecule has 4 saturated heterocycles. The van der Waals surface area contributed by atoms with Crippen LogP contribution in [0.25, 0.3) is 0 Å². The zero-order chi connectivity index (χ0) is 46.4. The van der Waals surface area contributed by atoms with E-state index in [0.717, 1.165) is 67.8 Å². The van der Waals surface area contributed by atoms with Crippen molar-refractivity contribution in [2.45, 2.75) is 196 Å². The van der Waals surface area contributed by atoms with Gasteiger partial charge in [0.1, 0.15) is 5.78 Å². The zero-order valence-corrected chi connectivity index (χ0v) is 43.1. The zero-order valence-electron chi connectivity index (χ0n) is 43.1. The second kappa shape index (κ2) is 29.2. The van der Waals surface area contributed by atoms with Gasteiger partial charge in [0.15, 0.2) is 11.5 Å². The number of piperazine rings is 1. The maximum Gasteiger partial charge on any atom is 0.231 e. The van der Waals surface area contributed by atoms with Crippen LogP contribution in [-0.2, 0) is 17.6 Å². The summed E-state index contributed by atoms with van der Waals surface area (Å²) in [6, 6.07) is 18.2. The maximum atomic E-state index is 12.6. The van der Waals surface area contributed by atoms with Gasteiger partial charge in [-0.3, -0.25) is 14.6 Å². The Balaban J connectivity index is 0.000000189. The van der Waals surface area contributed by atoms with Gasteiger partial charge in [0.05, 0.1) is 6.04 Å². The summed E-state index contributed by atoms with van der Waals surface area (Å²) in [6.45, 7) is 38.3. The van der Waals surface area contributed by atoms with Gasteiger partial charge in [-0.25, -0.2) is 0 Å². The molecule has 2 aromatic carbocycles. The molecule has 0 radical (unpaired) electrons. The number of piperidine rings is 2. The van der Waals surface area contributed by atoms with Crippen LogP contribution in [0, 0.1) is 0 Å². The van der Waals surface area contributed by atoms with Gasteiger partial charge in [-0.1, -0.05) is 49.9 Å². The van der Waals surface area contributed by atoms with Crippen molar-refractivity contribution in [3.05, 3.63) is 53.6 Å². The van der Waals surface area contributed by atoms with Gasteiger partial charge in [-0.2, -0.15) is 0 Å². The number of nitrogens with zero attached hydrogens (tertiary/aromatic N) is 6. The molecule has 64 heavy (non-hydrogen) atoms. The van der Waals surface area contributed by atoms with Crippen molar-refractivity contribution in [2.24, 2.45) is 0 Å². The van der Waals surface area contributed by atoms with Crippen LogP contribution in [0.2, 0.25) is 0 Å². The number of para-hydroxylation sites is 1. The Bertz CT molecular complexity index is 1530. The van der Waals surface area contributed by atoms with Gasteiger partial charge < -0.3 is 29.1 Å². The number of hydrogen-bond donors (Lipinski definition) is 0. The van der Waals surface area contributed by atoms with Gasteiger partial charge in [0.2, 0.25) is 6.79 Å². The van der Waals surface area contributed by atoms with Crippen LogP contribution in [0.1, 0.15) is 158 Å². The lowest BCUT2D eigenvalue weighted by atomic mass is 10.0. The summed E-state index contributed by atoms with van der Waals surface area (Å²) in [7, 11) is 0. The number of Topliss-reactive ketones (excluding diaryl/α,β-unsaturated/α-hetero) is 1. The van der Waals surface area contributed by atoms with E-state index < -0.39 is 0 Å². The summed E-state index contributed by atoms with van der Waals surface area (Å²) in [5.74, 6) is 1.91. The fraction of sp³-hybridized carbons (Fsp3) is 0.764. The van der Waals surface area contributed by atoms with Crippen LogP contribution in [0.5, 0.6) is 11.5 Å². The lowest BCUT2D eigenvalue weighted by Gasteiger charge is -2.39. The number of ether oxygens (including phenoxy) is 2. The molecule has 8 rings (SSSR count). The molecule has 0 aromatic heterocycles. The molecule has 1 atom stereocenters. The van der Waals surface area contributed by atoms with Crippen molar-refractivity contribution in [1.29, 1.82) is 0 Å². The monoisotopic (exact) mass is 889 g/mol. The van der Waals surface area contributed by atoms with Crippen molar-refractivity contribution < 1.29 is 14.3 Å². The Morgan fingerprint density at radius 2 is 0.922 bits per heavy atom. The van der Waals surface area contributed by atoms with Crippen molar-refractivity contribution in [3.8, 4) is 11.5 Å². The Kier molecular flexibility index (Phi) is 24.6. The van der Waals surface area contributed by atoms with E-state index in [2.05, 4.69) is 123 Å². The maximum absolute atomic E-state index is 12.6. The first-order chi connectivity index (χ1) is 30.7. The van der Waals surface area contributed by atoms with Crippen LogP contribution in [0.4, 0.5) is 5.69 Å². The second-order valence-corrected chi connectivity index (χ2v) is 20.6. The number of likely N-dealkylation sites (tertiary alicyclic amines) is 3. The SMILES string of the molecule is CC(C)N1CCCCC1.CC(C)N1CCCCC1.CC(C)N1CCCCCC1.CC(C)N1CCN(C(C)C(=O)CCc2ccc3c(c2)OCO3)CC1.CC(C)N1CCc2ccccc21. The van der Waals surface area contributed by atoms with E-state index >= 15 is 0 Å². The lowest BCUT2D eigenvalue weighted by molar-refractivity contribution is -0.124. The summed E-state index contributed by atoms with van der Waals surface area (Å²) >= 11 is 0. The van der Waals surface area contributed by atoms with Crippen LogP contribution in [-0.4, -0.2) is 145 Å². The number of fused-ring (bicyclic) bond motifs is 2. The van der Waals surface area contributed by atoms with E-state index in [-0.39, 0.29) is 12.8 Å². The molecule has 0 saturated carbocycles. The van der Waals surface area contributed by atoms with Crippen LogP contribution < -0.4 is 14.4 Å². The standard InChI is InChI=1S/C19H28N2O3.C11H15N.C9H19N.2C8H17N/c1-14(2)20-8-10-21(11-9-20)15(3)17(22)6-4-16-5-7-18-19(12-16)24-13-23-18;1-9(2)12-8-7-10-5-3-4-6-11(10)12;1-9(2)10-7-5-3-4-6-8-10;2*1-8(2)9-6-4-3-5-7-9/h5,7,12,14-15H,4,6,8-11,13H2,1-3H3;3-6,9H,7-8H2,1-2H3;9H,3-8H2,1-2H3;2*8H,3-7H2,1-2H3. The molecule has 6 heterocycles. The lowest BCUT2D eigenvalue weighted by Crippen LogP contribution is -2.53. The summed E-state index contributed by atoms with van der Waals surface area (Å²) < 4.78 is 10.7. The number of benzene rings is 2. The van der Waals surface area contributed by atoms with Gasteiger partial charge >= 0.3 is 0 Å². The van der Waals surface area contributed by atoms with E-state index in [9.17, 15) is 4.79 Å². The quantitative estimate of drug-likeness (QED) is 0.232. The largest absolute Gasteiger partial charge is 0.454 e. The Hall–Kier alpha value is -2.69. The fourth-order valence-corrected chi connectivity index (χ4v) is 9.80. The number of hydrogen-bond acceptors (Lipinski definition) is 9. The van der Waals surface area contributed by atoms with Crippen molar-refractivity contribution in [1.82, 2.24) is 24.5 Å². The van der Waals surface area contributed by atoms with E-state index in [1.165, 1.54) is 128 Å². The second-order valence-electron chi connectivity index (χ2n) is 20.6. The van der Waals surface area contributed by atoms with Gasteiger partial charge in [0.25, 0.3) is 0 Å². The molecule has 0 bridgehead atoms. The molecule has 9 nitrogen and oxygen atoms in total. The predicted molar refractivity (Wildman–Crippen MR) is 273 cm³/mol. The van der Waals surface area contributed by atoms with Crippen LogP contribution >= 0.6 is 0 Å². The number of carbonyl (C=O) groups excluding carboxylic acids is 1. The average Bonchev–Trinajstić information content (AvgIpc) is 3.88. The molecule has 0 N–H and O–H groups in total. The first-order valence-electron chi connectivity index (χ1n) is 26.2. The Morgan fingerprint density at radius 1 is 0.484 bits per heavy atom. The third kappa shape index (κ3) is 18.5. The molecule has 1 unspecified atom stereocenters. The smallest absolute Gasteiger partial charge is 0.231 e. The minimum Gasteiger partial charge on any atom is -0.454 e. The van der Waals surface area contributed by atoms with Crippen molar-refractivity contribution in [2.75, 3.05) is 83.7 Å². The first kappa shape index (κ1) is 53.9. The average molecular weight is 889 g/mol. The van der Waals surface area contributed by atoms with Gasteiger partial charge in [-0.15, -0.1) is 0 Å². The van der Waals surface area contributed by atoms with E-state index in [1.54, 1.807) is 0 Å². The topological polar surface area (TPSA) is 55.0 Å². The fourth-order valence-electron chi connectivity index (χ4n) is 9.80. The van der Waals surface area contributed by atoms with Crippen molar-refractivity contribution in [3.63, 3.8) is 0 Å². The molecule has 0 amide bonds. The summed E-state index contributed by atoms with van der Waals surface area (Å²) in [4.78, 5) is 27.5. The molecule has 6 aliphatic heterocycles. The highest BCUT2D eigenvalue weighted by Crippen LogP contribution is 2.33. The molecular formula is C55H96N6O3. The third-order valence-electron chi connectivity index (χ3n) is 14.3. The highest BCUT2D eigenvalue weighted by atomic mass is 16.7. The number of aryl methyl sites for hydroxylation is 1. The van der Waals surface area contributed by atoms with Crippen molar-refractivity contribution >= 4 is 11.5 Å². The molecule has 364 valence electrons. The minimum absolute atomic E-state index is 0.00771. The molecule has 2 aromatic rings. The number of ketones is 1. The van der Waals surface area contributed by atoms with Crippen LogP contribution in [0.3, 0.4) is 0 Å². The summed E-state index contributed by atoms with van der Waals surface area (Å²) in [5.41, 5.74) is 4.07. The minimum atomic E-state index is 0.00771. The van der Waals surface area contributed by atoms with Gasteiger partial charge in [-0.05, 0) is 196 Å². The Labute approximate surface area is 393 Å². The molecular weight excluding hydrogens is 793 g/mol. The summed E-state index contributed by atoms with van der Waals surface area (Å²) in [5, 5.41) is 0. The van der Waals surface area contributed by atoms with Crippen LogP contribution in [0.15, 0.2) is 42.5 Å². The highest BCUT2D eigenvalue weighted by Gasteiger charge is 2.26. The molecule has 0 spiro atoms.